The zero-order chi connectivity index (χ0) is 24.1. The highest BCUT2D eigenvalue weighted by Gasteiger charge is 2.78. The molecule has 34 heavy (non-hydrogen) atoms. The minimum atomic E-state index is -1.05. The summed E-state index contributed by atoms with van der Waals surface area (Å²) >= 11 is 0. The Bertz CT molecular complexity index is 1150. The van der Waals surface area contributed by atoms with Gasteiger partial charge in [0.2, 0.25) is 17.7 Å². The van der Waals surface area contributed by atoms with Crippen molar-refractivity contribution in [3.63, 3.8) is 0 Å². The fourth-order valence-corrected chi connectivity index (χ4v) is 6.53. The van der Waals surface area contributed by atoms with E-state index >= 15 is 0 Å². The summed E-state index contributed by atoms with van der Waals surface area (Å²) in [4.78, 5) is 42.0. The maximum absolute atomic E-state index is 13.8. The molecule has 3 aliphatic heterocycles. The summed E-state index contributed by atoms with van der Waals surface area (Å²) in [5, 5.41) is 17.2. The maximum atomic E-state index is 13.8. The first-order chi connectivity index (χ1) is 16.4. The Morgan fingerprint density at radius 1 is 1.15 bits per heavy atom. The van der Waals surface area contributed by atoms with Crippen LogP contribution in [0.5, 0.6) is 0 Å². The third kappa shape index (κ3) is 3.15. The molecule has 1 spiro atoms. The molecule has 3 N–H and O–H groups in total. The monoisotopic (exact) mass is 465 g/mol. The lowest BCUT2D eigenvalue weighted by atomic mass is 9.65. The molecule has 3 aliphatic rings. The summed E-state index contributed by atoms with van der Waals surface area (Å²) < 4.78 is 6.63. The zero-order valence-electron chi connectivity index (χ0n) is 19.5. The number of nitrogens with one attached hydrogen (secondary N) is 2. The second-order valence-electron chi connectivity index (χ2n) is 9.61. The fourth-order valence-electron chi connectivity index (χ4n) is 6.53. The van der Waals surface area contributed by atoms with Gasteiger partial charge in [-0.1, -0.05) is 37.3 Å². The molecule has 5 rings (SSSR count). The Morgan fingerprint density at radius 2 is 1.91 bits per heavy atom. The van der Waals surface area contributed by atoms with E-state index in [-0.39, 0.29) is 30.9 Å². The van der Waals surface area contributed by atoms with Crippen LogP contribution in [0.2, 0.25) is 0 Å². The molecule has 0 aliphatic carbocycles. The number of aliphatic hydroxyl groups is 1. The van der Waals surface area contributed by atoms with E-state index in [1.54, 1.807) is 7.05 Å². The Kier molecular flexibility index (Phi) is 5.61. The molecule has 3 heterocycles. The van der Waals surface area contributed by atoms with Crippen LogP contribution in [0.4, 0.5) is 5.69 Å². The van der Waals surface area contributed by atoms with Crippen molar-refractivity contribution in [2.45, 2.75) is 49.9 Å². The molecule has 3 amide bonds. The molecular weight excluding hydrogens is 434 g/mol. The lowest BCUT2D eigenvalue weighted by Crippen LogP contribution is -2.53. The fraction of sp³-hybridized carbons (Fsp3) is 0.500. The SMILES string of the molecule is CC[C@@]12CCC3(O1)C(C(=O)Nc1ccc4ccccc4c1)N(CCCO)C(=O)[C@@H]3[C@@H]2C(=O)NC. The van der Waals surface area contributed by atoms with Crippen molar-refractivity contribution in [1.82, 2.24) is 10.2 Å². The predicted molar refractivity (Wildman–Crippen MR) is 127 cm³/mol. The van der Waals surface area contributed by atoms with E-state index in [1.165, 1.54) is 4.90 Å². The number of benzene rings is 2. The van der Waals surface area contributed by atoms with E-state index in [0.29, 0.717) is 31.4 Å². The second-order valence-corrected chi connectivity index (χ2v) is 9.61. The van der Waals surface area contributed by atoms with Gasteiger partial charge >= 0.3 is 0 Å². The summed E-state index contributed by atoms with van der Waals surface area (Å²) in [5.41, 5.74) is -1.16. The van der Waals surface area contributed by atoms with Crippen molar-refractivity contribution in [3.8, 4) is 0 Å². The molecule has 8 heteroatoms. The number of nitrogens with zero attached hydrogens (tertiary/aromatic N) is 1. The molecular formula is C26H31N3O5. The Balaban J connectivity index is 1.53. The molecule has 0 saturated carbocycles. The molecule has 2 aromatic rings. The predicted octanol–water partition coefficient (Wildman–Crippen LogP) is 2.06. The number of carbonyl (C=O) groups is 3. The van der Waals surface area contributed by atoms with Gasteiger partial charge in [0, 0.05) is 25.9 Å². The highest BCUT2D eigenvalue weighted by molar-refractivity contribution is 6.04. The average molecular weight is 466 g/mol. The van der Waals surface area contributed by atoms with Gasteiger partial charge in [-0.15, -0.1) is 0 Å². The van der Waals surface area contributed by atoms with Crippen molar-refractivity contribution in [2.75, 3.05) is 25.5 Å². The van der Waals surface area contributed by atoms with Crippen molar-refractivity contribution in [1.29, 1.82) is 0 Å². The van der Waals surface area contributed by atoms with Gasteiger partial charge in [0.25, 0.3) is 0 Å². The van der Waals surface area contributed by atoms with E-state index in [0.717, 1.165) is 10.8 Å². The van der Waals surface area contributed by atoms with Crippen molar-refractivity contribution < 1.29 is 24.2 Å². The number of likely N-dealkylation sites (tertiary alicyclic amines) is 1. The highest BCUT2D eigenvalue weighted by Crippen LogP contribution is 2.64. The van der Waals surface area contributed by atoms with Gasteiger partial charge in [-0.05, 0) is 48.6 Å². The lowest BCUT2D eigenvalue weighted by Gasteiger charge is -2.33. The minimum absolute atomic E-state index is 0.0981. The van der Waals surface area contributed by atoms with Gasteiger partial charge < -0.3 is 25.4 Å². The molecule has 0 radical (unpaired) electrons. The van der Waals surface area contributed by atoms with Gasteiger partial charge in [-0.25, -0.2) is 0 Å². The average Bonchev–Trinajstić information content (AvgIpc) is 3.45. The van der Waals surface area contributed by atoms with Gasteiger partial charge in [-0.2, -0.15) is 0 Å². The van der Waals surface area contributed by atoms with Crippen molar-refractivity contribution in [3.05, 3.63) is 42.5 Å². The number of anilines is 1. The lowest BCUT2D eigenvalue weighted by molar-refractivity contribution is -0.146. The van der Waals surface area contributed by atoms with E-state index in [2.05, 4.69) is 10.6 Å². The number of amides is 3. The van der Waals surface area contributed by atoms with E-state index in [4.69, 9.17) is 4.74 Å². The molecule has 3 fully saturated rings. The normalized spacial score (nSPS) is 31.7. The molecule has 180 valence electrons. The third-order valence-corrected chi connectivity index (χ3v) is 8.03. The van der Waals surface area contributed by atoms with Gasteiger partial charge in [-0.3, -0.25) is 14.4 Å². The Morgan fingerprint density at radius 3 is 2.62 bits per heavy atom. The number of hydrogen-bond donors (Lipinski definition) is 3. The zero-order valence-corrected chi connectivity index (χ0v) is 19.5. The van der Waals surface area contributed by atoms with Crippen molar-refractivity contribution in [2.24, 2.45) is 11.8 Å². The first-order valence-corrected chi connectivity index (χ1v) is 12.0. The Labute approximate surface area is 198 Å². The largest absolute Gasteiger partial charge is 0.396 e. The van der Waals surface area contributed by atoms with Crippen LogP contribution in [0.25, 0.3) is 10.8 Å². The molecule has 5 atom stereocenters. The standard InChI is InChI=1S/C26H31N3O5/c1-3-25-11-12-26(34-25)20(19(25)22(31)27-2)24(33)29(13-6-14-30)21(26)23(32)28-18-10-9-16-7-4-5-8-17(16)15-18/h4-5,7-10,15,19-21,30H,3,6,11-14H2,1-2H3,(H,27,31)(H,28,32)/t19-,20+,21?,25+,26?/m1/s1. The molecule has 8 nitrogen and oxygen atoms in total. The van der Waals surface area contributed by atoms with Gasteiger partial charge in [0.1, 0.15) is 11.6 Å². The summed E-state index contributed by atoms with van der Waals surface area (Å²) in [6.07, 6.45) is 2.10. The van der Waals surface area contributed by atoms with Gasteiger partial charge in [0.15, 0.2) is 0 Å². The van der Waals surface area contributed by atoms with Gasteiger partial charge in [0.05, 0.1) is 17.4 Å². The summed E-state index contributed by atoms with van der Waals surface area (Å²) in [6.45, 7) is 2.10. The van der Waals surface area contributed by atoms with Crippen LogP contribution in [0.15, 0.2) is 42.5 Å². The van der Waals surface area contributed by atoms with E-state index < -0.39 is 29.1 Å². The topological polar surface area (TPSA) is 108 Å². The summed E-state index contributed by atoms with van der Waals surface area (Å²) in [5.74, 6) is -2.14. The number of fused-ring (bicyclic) bond motifs is 2. The van der Waals surface area contributed by atoms with Crippen LogP contribution in [0.1, 0.15) is 32.6 Å². The number of rotatable bonds is 7. The molecule has 3 saturated heterocycles. The van der Waals surface area contributed by atoms with Crippen LogP contribution in [-0.2, 0) is 19.1 Å². The molecule has 2 bridgehead atoms. The van der Waals surface area contributed by atoms with Crippen molar-refractivity contribution >= 4 is 34.2 Å². The van der Waals surface area contributed by atoms with Crippen LogP contribution in [0.3, 0.4) is 0 Å². The molecule has 0 aromatic heterocycles. The Hall–Kier alpha value is -2.97. The number of hydrogen-bond acceptors (Lipinski definition) is 5. The quantitative estimate of drug-likeness (QED) is 0.580. The van der Waals surface area contributed by atoms with E-state index in [9.17, 15) is 19.5 Å². The minimum Gasteiger partial charge on any atom is -0.396 e. The smallest absolute Gasteiger partial charge is 0.250 e. The van der Waals surface area contributed by atoms with Crippen LogP contribution >= 0.6 is 0 Å². The van der Waals surface area contributed by atoms with E-state index in [1.807, 2.05) is 49.4 Å². The maximum Gasteiger partial charge on any atom is 0.250 e. The second kappa shape index (κ2) is 8.36. The van der Waals surface area contributed by atoms with Crippen LogP contribution < -0.4 is 10.6 Å². The number of carbonyl (C=O) groups excluding carboxylic acids is 3. The summed E-state index contributed by atoms with van der Waals surface area (Å²) in [7, 11) is 1.57. The third-order valence-electron chi connectivity index (χ3n) is 8.03. The first-order valence-electron chi connectivity index (χ1n) is 12.0. The van der Waals surface area contributed by atoms with Crippen LogP contribution in [0, 0.1) is 11.8 Å². The molecule has 2 aromatic carbocycles. The number of aliphatic hydroxyl groups excluding tert-OH is 1. The first kappa shape index (κ1) is 22.8. The number of ether oxygens (including phenoxy) is 1. The molecule has 2 unspecified atom stereocenters. The summed E-state index contributed by atoms with van der Waals surface area (Å²) in [6, 6.07) is 12.7. The van der Waals surface area contributed by atoms with Crippen LogP contribution in [-0.4, -0.2) is 65.2 Å². The highest BCUT2D eigenvalue weighted by atomic mass is 16.5.